The molecule has 3 N–H and O–H groups in total. The Labute approximate surface area is 170 Å². The molecule has 0 unspecified atom stereocenters. The van der Waals surface area contributed by atoms with Crippen molar-refractivity contribution in [2.24, 2.45) is 35.9 Å². The maximum Gasteiger partial charge on any atom is 0.189 e. The average Bonchev–Trinajstić information content (AvgIpc) is 3.05. The summed E-state index contributed by atoms with van der Waals surface area (Å²) in [7, 11) is -1.19. The molecule has 0 saturated heterocycles. The monoisotopic (exact) mass is 420 g/mol. The average molecular weight is 421 g/mol. The zero-order valence-electron chi connectivity index (χ0n) is 17.5. The standard InChI is InChI=1S/C6H11N3S.C5H10N2.C3H9NSSi.C2H6O/c1-6(2)3-8-9(4-6)5(7)10;1-5(2)3-6-7-4-5;1-6(2,3)4-5;1-2-3/h3H,4H2,1-2H3,(H2,7,10);3-4H2,1-2H3;1-3H3;3H,2H2,1H3. The van der Waals surface area contributed by atoms with Gasteiger partial charge in [-0.05, 0) is 38.8 Å². The van der Waals surface area contributed by atoms with Crippen LogP contribution in [0.25, 0.3) is 0 Å². The first-order chi connectivity index (χ1) is 11.7. The highest BCUT2D eigenvalue weighted by Crippen LogP contribution is 2.20. The smallest absolute Gasteiger partial charge is 0.189 e. The number of aliphatic hydroxyl groups excluding tert-OH is 1. The largest absolute Gasteiger partial charge is 0.397 e. The van der Waals surface area contributed by atoms with Crippen molar-refractivity contribution in [3.05, 3.63) is 0 Å². The molecule has 2 heterocycles. The second kappa shape index (κ2) is 12.5. The molecule has 0 spiro atoms. The molecule has 0 aromatic rings. The molecule has 26 heavy (non-hydrogen) atoms. The number of hydrogen-bond acceptors (Lipinski definition) is 7. The highest BCUT2D eigenvalue weighted by atomic mass is 32.1. The molecule has 10 heteroatoms. The summed E-state index contributed by atoms with van der Waals surface area (Å²) in [4.78, 5) is 0. The predicted molar refractivity (Wildman–Crippen MR) is 120 cm³/mol. The second-order valence-electron chi connectivity index (χ2n) is 8.47. The predicted octanol–water partition coefficient (Wildman–Crippen LogP) is 3.59. The van der Waals surface area contributed by atoms with Gasteiger partial charge in [0, 0.05) is 36.1 Å². The fraction of sp³-hybridized carbons (Fsp3) is 0.875. The molecule has 0 aromatic carbocycles. The zero-order valence-corrected chi connectivity index (χ0v) is 20.1. The summed E-state index contributed by atoms with van der Waals surface area (Å²) >= 11 is 9.22. The minimum absolute atomic E-state index is 0.115. The van der Waals surface area contributed by atoms with E-state index < -0.39 is 8.24 Å². The van der Waals surface area contributed by atoms with Crippen molar-refractivity contribution in [3.63, 3.8) is 0 Å². The van der Waals surface area contributed by atoms with Crippen LogP contribution in [0.4, 0.5) is 0 Å². The van der Waals surface area contributed by atoms with E-state index in [1.54, 1.807) is 11.9 Å². The minimum atomic E-state index is -1.19. The van der Waals surface area contributed by atoms with Gasteiger partial charge in [0.15, 0.2) is 13.3 Å². The molecular formula is C16H36N6OS2Si. The minimum Gasteiger partial charge on any atom is -0.397 e. The molecule has 2 rings (SSSR count). The van der Waals surface area contributed by atoms with Gasteiger partial charge in [-0.3, -0.25) is 4.03 Å². The summed E-state index contributed by atoms with van der Waals surface area (Å²) in [5, 5.41) is 21.3. The normalized spacial score (nSPS) is 18.6. The quantitative estimate of drug-likeness (QED) is 0.499. The highest BCUT2D eigenvalue weighted by Gasteiger charge is 2.25. The van der Waals surface area contributed by atoms with Crippen LogP contribution in [0.1, 0.15) is 34.6 Å². The fourth-order valence-electron chi connectivity index (χ4n) is 1.36. The van der Waals surface area contributed by atoms with Crippen LogP contribution in [0.15, 0.2) is 19.4 Å². The molecule has 7 nitrogen and oxygen atoms in total. The van der Waals surface area contributed by atoms with Crippen LogP contribution in [0, 0.1) is 10.8 Å². The fourth-order valence-corrected chi connectivity index (χ4v) is 1.47. The van der Waals surface area contributed by atoms with E-state index in [1.807, 2.05) is 6.21 Å². The van der Waals surface area contributed by atoms with E-state index in [2.05, 4.69) is 79.1 Å². The zero-order chi connectivity index (χ0) is 21.0. The van der Waals surface area contributed by atoms with E-state index in [0.29, 0.717) is 10.5 Å². The summed E-state index contributed by atoms with van der Waals surface area (Å²) in [6.45, 7) is 19.4. The van der Waals surface area contributed by atoms with Gasteiger partial charge in [-0.25, -0.2) is 5.01 Å². The maximum atomic E-state index is 7.57. The lowest BCUT2D eigenvalue weighted by atomic mass is 9.96. The number of hydrazone groups is 1. The Balaban J connectivity index is 0. The van der Waals surface area contributed by atoms with Gasteiger partial charge in [-0.15, -0.1) is 0 Å². The van der Waals surface area contributed by atoms with Crippen molar-refractivity contribution < 1.29 is 5.11 Å². The summed E-state index contributed by atoms with van der Waals surface area (Å²) in [6.07, 6.45) is 1.87. The third-order valence-electron chi connectivity index (χ3n) is 2.73. The number of azo groups is 1. The van der Waals surface area contributed by atoms with Gasteiger partial charge in [-0.2, -0.15) is 15.3 Å². The number of rotatable bonds is 1. The van der Waals surface area contributed by atoms with Crippen LogP contribution < -0.4 is 5.73 Å². The van der Waals surface area contributed by atoms with E-state index in [4.69, 9.17) is 23.1 Å². The Kier molecular flexibility index (Phi) is 13.2. The van der Waals surface area contributed by atoms with Crippen molar-refractivity contribution in [3.8, 4) is 0 Å². The molecule has 0 radical (unpaired) electrons. The van der Waals surface area contributed by atoms with Gasteiger partial charge in [0.05, 0.1) is 19.6 Å². The molecule has 0 fully saturated rings. The van der Waals surface area contributed by atoms with Gasteiger partial charge in [0.1, 0.15) is 0 Å². The van der Waals surface area contributed by atoms with Crippen LogP contribution in [-0.4, -0.2) is 55.9 Å². The van der Waals surface area contributed by atoms with Gasteiger partial charge in [0.25, 0.3) is 0 Å². The number of nitrogens with two attached hydrogens (primary N) is 1. The third kappa shape index (κ3) is 16.6. The van der Waals surface area contributed by atoms with Crippen LogP contribution >= 0.6 is 12.2 Å². The van der Waals surface area contributed by atoms with Gasteiger partial charge in [0.2, 0.25) is 0 Å². The first kappa shape index (κ1) is 27.4. The Morgan fingerprint density at radius 3 is 1.73 bits per heavy atom. The van der Waals surface area contributed by atoms with Gasteiger partial charge >= 0.3 is 0 Å². The molecule has 0 saturated carbocycles. The van der Waals surface area contributed by atoms with Crippen LogP contribution in [-0.2, 0) is 12.4 Å². The number of hydrogen-bond donors (Lipinski definition) is 2. The number of aliphatic hydroxyl groups is 1. The van der Waals surface area contributed by atoms with E-state index in [1.165, 1.54) is 0 Å². The Hall–Kier alpha value is -0.843. The lowest BCUT2D eigenvalue weighted by Crippen LogP contribution is -2.33. The van der Waals surface area contributed by atoms with Crippen molar-refractivity contribution >= 4 is 44.2 Å². The van der Waals surface area contributed by atoms with E-state index in [0.717, 1.165) is 19.6 Å². The first-order valence-corrected chi connectivity index (χ1v) is 12.8. The van der Waals surface area contributed by atoms with E-state index >= 15 is 0 Å². The van der Waals surface area contributed by atoms with Crippen LogP contribution in [0.2, 0.25) is 19.6 Å². The van der Waals surface area contributed by atoms with Crippen molar-refractivity contribution in [2.45, 2.75) is 54.3 Å². The molecule has 0 aromatic heterocycles. The third-order valence-corrected chi connectivity index (χ3v) is 5.13. The van der Waals surface area contributed by atoms with E-state index in [-0.39, 0.29) is 12.0 Å². The lowest BCUT2D eigenvalue weighted by molar-refractivity contribution is 0.318. The highest BCUT2D eigenvalue weighted by molar-refractivity contribution is 7.80. The van der Waals surface area contributed by atoms with Crippen molar-refractivity contribution in [2.75, 3.05) is 26.2 Å². The maximum absolute atomic E-state index is 7.57. The molecule has 2 aliphatic rings. The van der Waals surface area contributed by atoms with Crippen molar-refractivity contribution in [1.82, 2.24) is 5.01 Å². The topological polar surface area (TPSA) is 98.9 Å². The summed E-state index contributed by atoms with van der Waals surface area (Å²) in [6, 6.07) is 0. The summed E-state index contributed by atoms with van der Waals surface area (Å²) < 4.78 is 3.74. The van der Waals surface area contributed by atoms with E-state index in [9.17, 15) is 0 Å². The second-order valence-corrected chi connectivity index (χ2v) is 14.0. The van der Waals surface area contributed by atoms with Crippen LogP contribution in [0.3, 0.4) is 0 Å². The molecule has 0 atom stereocenters. The Morgan fingerprint density at radius 1 is 1.23 bits per heavy atom. The molecule has 2 aliphatic heterocycles. The first-order valence-electron chi connectivity index (χ1n) is 8.60. The Morgan fingerprint density at radius 2 is 1.62 bits per heavy atom. The molecular weight excluding hydrogens is 384 g/mol. The summed E-state index contributed by atoms with van der Waals surface area (Å²) in [5.41, 5.74) is 5.84. The number of thiocarbonyl (C=S) groups is 1. The lowest BCUT2D eigenvalue weighted by Gasteiger charge is -2.16. The van der Waals surface area contributed by atoms with Gasteiger partial charge < -0.3 is 10.8 Å². The summed E-state index contributed by atoms with van der Waals surface area (Å²) in [5.74, 6) is 0. The molecule has 0 amide bonds. The van der Waals surface area contributed by atoms with Gasteiger partial charge in [-0.1, -0.05) is 27.7 Å². The SMILES string of the molecule is CC1(C)C=NN(C(N)=S)C1.CC1(C)CN=NC1.CCO.C[Si](C)(C)N=S. The molecule has 152 valence electrons. The molecule has 0 aliphatic carbocycles. The van der Waals surface area contributed by atoms with Crippen molar-refractivity contribution in [1.29, 1.82) is 0 Å². The Bertz CT molecular complexity index is 480. The van der Waals surface area contributed by atoms with Crippen LogP contribution in [0.5, 0.6) is 0 Å². The molecule has 0 bridgehead atoms. The number of nitrogens with zero attached hydrogens (tertiary/aromatic N) is 5.